The molecule has 0 bridgehead atoms. The summed E-state index contributed by atoms with van der Waals surface area (Å²) in [6.45, 7) is 20.4. The summed E-state index contributed by atoms with van der Waals surface area (Å²) in [5.74, 6) is 0.667. The second-order valence-electron chi connectivity index (χ2n) is 16.4. The molecular weight excluding hydrogens is 629 g/mol. The molecule has 0 saturated heterocycles. The molecule has 0 radical (unpaired) electrons. The van der Waals surface area contributed by atoms with Crippen LogP contribution in [0.15, 0.2) is 156 Å². The zero-order valence-corrected chi connectivity index (χ0v) is 31.4. The average molecular weight is 675 g/mol. The van der Waals surface area contributed by atoms with Crippen LogP contribution in [-0.4, -0.2) is 11.5 Å². The zero-order valence-electron chi connectivity index (χ0n) is 31.4. The molecule has 2 aliphatic rings. The normalized spacial score (nSPS) is 14.5. The van der Waals surface area contributed by atoms with Gasteiger partial charge in [0.05, 0.1) is 11.1 Å². The van der Waals surface area contributed by atoms with Gasteiger partial charge < -0.3 is 0 Å². The summed E-state index contributed by atoms with van der Waals surface area (Å²) in [7, 11) is 0. The van der Waals surface area contributed by atoms with Gasteiger partial charge in [0.25, 0.3) is 0 Å². The van der Waals surface area contributed by atoms with Crippen molar-refractivity contribution in [2.24, 2.45) is 9.98 Å². The Bertz CT molecular complexity index is 2380. The molecule has 52 heavy (non-hydrogen) atoms. The summed E-state index contributed by atoms with van der Waals surface area (Å²) in [4.78, 5) is 10.8. The predicted octanol–water partition coefficient (Wildman–Crippen LogP) is 12.6. The SMILES string of the molecule is C=C(/N=C(\N=C(/C)c1ccccc1)c1cc(C(C)(C)C)cc2c1-c1ccc(C(C)(C)C)cc1C21c2ccccc2-c2ccccc21)c1ccccc1. The van der Waals surface area contributed by atoms with Crippen LogP contribution in [0.2, 0.25) is 0 Å². The van der Waals surface area contributed by atoms with Crippen LogP contribution in [0.5, 0.6) is 0 Å². The molecule has 1 spiro atoms. The van der Waals surface area contributed by atoms with Crippen molar-refractivity contribution < 1.29 is 0 Å². The fourth-order valence-electron chi connectivity index (χ4n) is 8.21. The van der Waals surface area contributed by atoms with E-state index in [1.54, 1.807) is 0 Å². The van der Waals surface area contributed by atoms with Crippen LogP contribution in [0.1, 0.15) is 98.5 Å². The lowest BCUT2D eigenvalue weighted by Gasteiger charge is -2.33. The number of hydrogen-bond donors (Lipinski definition) is 0. The molecule has 2 heteroatoms. The third-order valence-electron chi connectivity index (χ3n) is 11.0. The van der Waals surface area contributed by atoms with Crippen LogP contribution in [0.3, 0.4) is 0 Å². The van der Waals surface area contributed by atoms with Crippen molar-refractivity contribution >= 4 is 17.2 Å². The molecule has 2 aliphatic carbocycles. The highest BCUT2D eigenvalue weighted by molar-refractivity contribution is 6.16. The van der Waals surface area contributed by atoms with Crippen LogP contribution in [0.4, 0.5) is 0 Å². The van der Waals surface area contributed by atoms with E-state index in [-0.39, 0.29) is 10.8 Å². The van der Waals surface area contributed by atoms with E-state index < -0.39 is 5.41 Å². The molecule has 0 fully saturated rings. The highest BCUT2D eigenvalue weighted by Gasteiger charge is 2.53. The summed E-state index contributed by atoms with van der Waals surface area (Å²) < 4.78 is 0. The summed E-state index contributed by atoms with van der Waals surface area (Å²) in [6, 6.07) is 50.7. The van der Waals surface area contributed by atoms with Crippen LogP contribution in [0, 0.1) is 0 Å². The van der Waals surface area contributed by atoms with Gasteiger partial charge in [0, 0.05) is 11.3 Å². The summed E-state index contributed by atoms with van der Waals surface area (Å²) in [5, 5.41) is 0. The van der Waals surface area contributed by atoms with Gasteiger partial charge in [-0.3, -0.25) is 0 Å². The Morgan fingerprint density at radius 1 is 0.500 bits per heavy atom. The van der Waals surface area contributed by atoms with Crippen molar-refractivity contribution in [3.63, 3.8) is 0 Å². The van der Waals surface area contributed by atoms with E-state index in [4.69, 9.17) is 9.98 Å². The van der Waals surface area contributed by atoms with Crippen LogP contribution < -0.4 is 0 Å². The van der Waals surface area contributed by atoms with Crippen molar-refractivity contribution in [3.8, 4) is 22.3 Å². The number of nitrogens with zero attached hydrogens (tertiary/aromatic N) is 2. The lowest BCUT2D eigenvalue weighted by atomic mass is 9.68. The van der Waals surface area contributed by atoms with Gasteiger partial charge in [-0.1, -0.05) is 182 Å². The Morgan fingerprint density at radius 3 is 1.60 bits per heavy atom. The molecular formula is C50H46N2. The van der Waals surface area contributed by atoms with Gasteiger partial charge in [-0.25, -0.2) is 9.98 Å². The Balaban J connectivity index is 1.53. The molecule has 2 nitrogen and oxygen atoms in total. The number of fused-ring (bicyclic) bond motifs is 10. The number of hydrogen-bond acceptors (Lipinski definition) is 1. The monoisotopic (exact) mass is 674 g/mol. The Kier molecular flexibility index (Phi) is 7.91. The van der Waals surface area contributed by atoms with Gasteiger partial charge in [-0.2, -0.15) is 0 Å². The number of amidine groups is 1. The minimum absolute atomic E-state index is 0.0286. The smallest absolute Gasteiger partial charge is 0.160 e. The molecule has 0 atom stereocenters. The average Bonchev–Trinajstić information content (AvgIpc) is 3.61. The minimum Gasteiger partial charge on any atom is -0.233 e. The number of benzene rings is 6. The quantitative estimate of drug-likeness (QED) is 0.131. The Labute approximate surface area is 309 Å². The first-order valence-electron chi connectivity index (χ1n) is 18.4. The fourth-order valence-corrected chi connectivity index (χ4v) is 8.21. The Hall–Kier alpha value is -5.60. The molecule has 6 aromatic carbocycles. The molecule has 0 unspecified atom stereocenters. The molecule has 0 saturated carbocycles. The van der Waals surface area contributed by atoms with Crippen LogP contribution >= 0.6 is 0 Å². The maximum absolute atomic E-state index is 5.42. The first-order chi connectivity index (χ1) is 24.9. The molecule has 0 aromatic heterocycles. The standard InChI is InChI=1S/C50H46N2/c1-32(34-19-11-9-12-20-34)51-47(52-33(2)35-21-13-10-14-22-35)41-29-37(49(6,7)8)31-45-46(41)40-28-27-36(48(3,4)5)30-44(40)50(45)42-25-17-15-23-38(42)39-24-16-18-26-43(39)50/h9-31H,1H2,2-8H3/b51-47-,52-33+. The molecule has 6 aromatic rings. The maximum Gasteiger partial charge on any atom is 0.160 e. The molecule has 8 rings (SSSR count). The lowest BCUT2D eigenvalue weighted by molar-refractivity contribution is 0.586. The van der Waals surface area contributed by atoms with Gasteiger partial charge in [-0.05, 0) is 90.6 Å². The van der Waals surface area contributed by atoms with E-state index >= 15 is 0 Å². The maximum atomic E-state index is 5.42. The molecule has 0 amide bonds. The largest absolute Gasteiger partial charge is 0.233 e. The lowest BCUT2D eigenvalue weighted by Crippen LogP contribution is -2.27. The molecule has 0 aliphatic heterocycles. The predicted molar refractivity (Wildman–Crippen MR) is 221 cm³/mol. The molecule has 256 valence electrons. The third-order valence-corrected chi connectivity index (χ3v) is 11.0. The van der Waals surface area contributed by atoms with E-state index in [2.05, 4.69) is 170 Å². The van der Waals surface area contributed by atoms with Crippen molar-refractivity contribution in [3.05, 3.63) is 196 Å². The van der Waals surface area contributed by atoms with Crippen molar-refractivity contribution in [2.75, 3.05) is 0 Å². The van der Waals surface area contributed by atoms with Crippen LogP contribution in [0.25, 0.3) is 28.0 Å². The fraction of sp³-hybridized carbons (Fsp3) is 0.200. The molecule has 0 N–H and O–H groups in total. The van der Waals surface area contributed by atoms with Crippen molar-refractivity contribution in [1.29, 1.82) is 0 Å². The summed E-state index contributed by atoms with van der Waals surface area (Å²) in [5.41, 5.74) is 16.8. The van der Waals surface area contributed by atoms with Gasteiger partial charge >= 0.3 is 0 Å². The second-order valence-corrected chi connectivity index (χ2v) is 16.4. The first kappa shape index (κ1) is 33.5. The summed E-state index contributed by atoms with van der Waals surface area (Å²) >= 11 is 0. The highest BCUT2D eigenvalue weighted by atomic mass is 14.9. The van der Waals surface area contributed by atoms with E-state index in [1.165, 1.54) is 55.6 Å². The Morgan fingerprint density at radius 2 is 1.02 bits per heavy atom. The van der Waals surface area contributed by atoms with E-state index in [9.17, 15) is 0 Å². The van der Waals surface area contributed by atoms with Gasteiger partial charge in [0.2, 0.25) is 0 Å². The molecule has 0 heterocycles. The second kappa shape index (κ2) is 12.3. The van der Waals surface area contributed by atoms with Gasteiger partial charge in [0.15, 0.2) is 5.84 Å². The van der Waals surface area contributed by atoms with E-state index in [0.29, 0.717) is 11.5 Å². The third kappa shape index (κ3) is 5.32. The topological polar surface area (TPSA) is 24.7 Å². The zero-order chi connectivity index (χ0) is 36.4. The first-order valence-corrected chi connectivity index (χ1v) is 18.4. The highest BCUT2D eigenvalue weighted by Crippen LogP contribution is 2.64. The van der Waals surface area contributed by atoms with E-state index in [1.807, 2.05) is 24.3 Å². The van der Waals surface area contributed by atoms with Gasteiger partial charge in [0.1, 0.15) is 0 Å². The van der Waals surface area contributed by atoms with Crippen LogP contribution in [-0.2, 0) is 16.2 Å². The van der Waals surface area contributed by atoms with Crippen molar-refractivity contribution in [2.45, 2.75) is 64.7 Å². The number of aliphatic imine (C=N–C) groups is 2. The van der Waals surface area contributed by atoms with Crippen molar-refractivity contribution in [1.82, 2.24) is 0 Å². The van der Waals surface area contributed by atoms with E-state index in [0.717, 1.165) is 22.4 Å². The summed E-state index contributed by atoms with van der Waals surface area (Å²) in [6.07, 6.45) is 0. The van der Waals surface area contributed by atoms with Gasteiger partial charge in [-0.15, -0.1) is 0 Å². The minimum atomic E-state index is -0.505. The number of rotatable bonds is 4.